The van der Waals surface area contributed by atoms with Crippen molar-refractivity contribution in [3.8, 4) is 0 Å². The first kappa shape index (κ1) is 13.8. The van der Waals surface area contributed by atoms with E-state index < -0.39 is 0 Å². The van der Waals surface area contributed by atoms with E-state index in [-0.39, 0.29) is 12.1 Å². The Kier molecular flexibility index (Phi) is 6.38. The Morgan fingerprint density at radius 2 is 1.88 bits per heavy atom. The molecule has 0 spiro atoms. The van der Waals surface area contributed by atoms with Crippen molar-refractivity contribution in [3.05, 3.63) is 35.9 Å². The first-order valence-electron chi connectivity index (χ1n) is 6.49. The van der Waals surface area contributed by atoms with E-state index in [1.54, 1.807) is 0 Å². The van der Waals surface area contributed by atoms with Gasteiger partial charge in [0, 0.05) is 6.42 Å². The molecule has 0 heterocycles. The Labute approximate surface area is 104 Å². The number of carbonyl (C=O) groups is 1. The van der Waals surface area contributed by atoms with E-state index in [0.717, 1.165) is 25.7 Å². The standard InChI is InChI=1S/C15H22O2/c1-3-8-14(17-15(16)4-2)12-11-13-9-6-5-7-10-13/h5-7,9-10,14H,3-4,8,11-12H2,1-2H3/t14-/m0/s1. The number of aryl methyl sites for hydroxylation is 1. The lowest BCUT2D eigenvalue weighted by Gasteiger charge is -2.16. The van der Waals surface area contributed by atoms with E-state index in [4.69, 9.17) is 4.74 Å². The molecule has 1 aromatic rings. The molecule has 0 aromatic heterocycles. The zero-order valence-corrected chi connectivity index (χ0v) is 10.8. The molecule has 2 nitrogen and oxygen atoms in total. The second-order valence-corrected chi connectivity index (χ2v) is 4.28. The van der Waals surface area contributed by atoms with Crippen LogP contribution in [0.5, 0.6) is 0 Å². The van der Waals surface area contributed by atoms with Crippen LogP contribution in [0.2, 0.25) is 0 Å². The maximum absolute atomic E-state index is 11.3. The third-order valence-corrected chi connectivity index (χ3v) is 2.80. The molecule has 0 bridgehead atoms. The number of rotatable bonds is 7. The zero-order valence-electron chi connectivity index (χ0n) is 10.8. The summed E-state index contributed by atoms with van der Waals surface area (Å²) >= 11 is 0. The molecule has 0 radical (unpaired) electrons. The third kappa shape index (κ3) is 5.53. The van der Waals surface area contributed by atoms with Gasteiger partial charge in [-0.1, -0.05) is 50.6 Å². The molecule has 0 fully saturated rings. The fourth-order valence-corrected chi connectivity index (χ4v) is 1.83. The van der Waals surface area contributed by atoms with Crippen molar-refractivity contribution < 1.29 is 9.53 Å². The highest BCUT2D eigenvalue weighted by Gasteiger charge is 2.12. The Morgan fingerprint density at radius 3 is 2.47 bits per heavy atom. The van der Waals surface area contributed by atoms with Crippen LogP contribution in [0.15, 0.2) is 30.3 Å². The van der Waals surface area contributed by atoms with Gasteiger partial charge in [0.25, 0.3) is 0 Å². The predicted molar refractivity (Wildman–Crippen MR) is 69.8 cm³/mol. The highest BCUT2D eigenvalue weighted by molar-refractivity contribution is 5.69. The fourth-order valence-electron chi connectivity index (χ4n) is 1.83. The van der Waals surface area contributed by atoms with E-state index in [1.807, 2.05) is 25.1 Å². The average Bonchev–Trinajstić information content (AvgIpc) is 2.37. The molecule has 1 aromatic carbocycles. The summed E-state index contributed by atoms with van der Waals surface area (Å²) in [5.74, 6) is -0.0866. The summed E-state index contributed by atoms with van der Waals surface area (Å²) in [6.07, 6.45) is 4.44. The summed E-state index contributed by atoms with van der Waals surface area (Å²) < 4.78 is 5.42. The highest BCUT2D eigenvalue weighted by Crippen LogP contribution is 2.12. The molecule has 0 aliphatic rings. The molecule has 0 unspecified atom stereocenters. The maximum atomic E-state index is 11.3. The summed E-state index contributed by atoms with van der Waals surface area (Å²) in [6, 6.07) is 10.3. The lowest BCUT2D eigenvalue weighted by Crippen LogP contribution is -2.18. The summed E-state index contributed by atoms with van der Waals surface area (Å²) in [5, 5.41) is 0. The van der Waals surface area contributed by atoms with E-state index in [2.05, 4.69) is 19.1 Å². The quantitative estimate of drug-likeness (QED) is 0.672. The number of carbonyl (C=O) groups excluding carboxylic acids is 1. The monoisotopic (exact) mass is 234 g/mol. The topological polar surface area (TPSA) is 26.3 Å². The SMILES string of the molecule is CCC[C@@H](CCc1ccccc1)OC(=O)CC. The Balaban J connectivity index is 2.41. The van der Waals surface area contributed by atoms with Crippen molar-refractivity contribution in [2.24, 2.45) is 0 Å². The van der Waals surface area contributed by atoms with Gasteiger partial charge in [0.15, 0.2) is 0 Å². The van der Waals surface area contributed by atoms with Crippen LogP contribution in [0, 0.1) is 0 Å². The van der Waals surface area contributed by atoms with Crippen molar-refractivity contribution in [1.82, 2.24) is 0 Å². The second kappa shape index (κ2) is 7.88. The lowest BCUT2D eigenvalue weighted by atomic mass is 10.0. The van der Waals surface area contributed by atoms with E-state index in [9.17, 15) is 4.79 Å². The minimum Gasteiger partial charge on any atom is -0.462 e. The average molecular weight is 234 g/mol. The molecule has 1 atom stereocenters. The number of ether oxygens (including phenoxy) is 1. The molecule has 0 amide bonds. The molecular formula is C15H22O2. The van der Waals surface area contributed by atoms with Gasteiger partial charge in [-0.3, -0.25) is 4.79 Å². The van der Waals surface area contributed by atoms with Crippen LogP contribution >= 0.6 is 0 Å². The predicted octanol–water partition coefficient (Wildman–Crippen LogP) is 3.74. The third-order valence-electron chi connectivity index (χ3n) is 2.80. The first-order chi connectivity index (χ1) is 8.26. The summed E-state index contributed by atoms with van der Waals surface area (Å²) in [4.78, 5) is 11.3. The zero-order chi connectivity index (χ0) is 12.5. The Morgan fingerprint density at radius 1 is 1.18 bits per heavy atom. The fraction of sp³-hybridized carbons (Fsp3) is 0.533. The van der Waals surface area contributed by atoms with Gasteiger partial charge in [-0.2, -0.15) is 0 Å². The van der Waals surface area contributed by atoms with Crippen molar-refractivity contribution in [1.29, 1.82) is 0 Å². The molecule has 17 heavy (non-hydrogen) atoms. The Bertz CT molecular complexity index is 319. The van der Waals surface area contributed by atoms with Gasteiger partial charge in [0.2, 0.25) is 0 Å². The van der Waals surface area contributed by atoms with Crippen LogP contribution < -0.4 is 0 Å². The molecule has 0 N–H and O–H groups in total. The van der Waals surface area contributed by atoms with Crippen molar-refractivity contribution in [2.75, 3.05) is 0 Å². The largest absolute Gasteiger partial charge is 0.462 e. The van der Waals surface area contributed by atoms with Gasteiger partial charge in [0.1, 0.15) is 6.10 Å². The highest BCUT2D eigenvalue weighted by atomic mass is 16.5. The van der Waals surface area contributed by atoms with Crippen molar-refractivity contribution in [2.45, 2.75) is 52.1 Å². The van der Waals surface area contributed by atoms with Crippen LogP contribution in [-0.2, 0) is 16.0 Å². The van der Waals surface area contributed by atoms with Gasteiger partial charge in [-0.15, -0.1) is 0 Å². The van der Waals surface area contributed by atoms with Gasteiger partial charge in [-0.05, 0) is 24.8 Å². The molecular weight excluding hydrogens is 212 g/mol. The minimum absolute atomic E-state index is 0.0765. The van der Waals surface area contributed by atoms with Crippen LogP contribution in [0.4, 0.5) is 0 Å². The number of esters is 1. The molecule has 0 aliphatic heterocycles. The Hall–Kier alpha value is -1.31. The number of benzene rings is 1. The van der Waals surface area contributed by atoms with Gasteiger partial charge < -0.3 is 4.74 Å². The summed E-state index contributed by atoms with van der Waals surface area (Å²) in [6.45, 7) is 3.96. The van der Waals surface area contributed by atoms with E-state index in [0.29, 0.717) is 6.42 Å². The smallest absolute Gasteiger partial charge is 0.305 e. The number of hydrogen-bond donors (Lipinski definition) is 0. The maximum Gasteiger partial charge on any atom is 0.305 e. The van der Waals surface area contributed by atoms with Crippen molar-refractivity contribution >= 4 is 5.97 Å². The number of hydrogen-bond acceptors (Lipinski definition) is 2. The minimum atomic E-state index is -0.0866. The lowest BCUT2D eigenvalue weighted by molar-refractivity contribution is -0.149. The van der Waals surface area contributed by atoms with Crippen LogP contribution in [-0.4, -0.2) is 12.1 Å². The first-order valence-corrected chi connectivity index (χ1v) is 6.49. The van der Waals surface area contributed by atoms with E-state index >= 15 is 0 Å². The molecule has 0 aliphatic carbocycles. The molecule has 94 valence electrons. The summed E-state index contributed by atoms with van der Waals surface area (Å²) in [5.41, 5.74) is 1.31. The second-order valence-electron chi connectivity index (χ2n) is 4.28. The van der Waals surface area contributed by atoms with Crippen LogP contribution in [0.3, 0.4) is 0 Å². The van der Waals surface area contributed by atoms with Gasteiger partial charge >= 0.3 is 5.97 Å². The van der Waals surface area contributed by atoms with Crippen LogP contribution in [0.25, 0.3) is 0 Å². The molecule has 1 rings (SSSR count). The van der Waals surface area contributed by atoms with Gasteiger partial charge in [-0.25, -0.2) is 0 Å². The molecule has 2 heteroatoms. The normalized spacial score (nSPS) is 12.1. The summed E-state index contributed by atoms with van der Waals surface area (Å²) in [7, 11) is 0. The van der Waals surface area contributed by atoms with E-state index in [1.165, 1.54) is 5.56 Å². The van der Waals surface area contributed by atoms with Gasteiger partial charge in [0.05, 0.1) is 0 Å². The van der Waals surface area contributed by atoms with Crippen molar-refractivity contribution in [3.63, 3.8) is 0 Å². The molecule has 0 saturated heterocycles. The van der Waals surface area contributed by atoms with Crippen LogP contribution in [0.1, 0.15) is 45.1 Å². The molecule has 0 saturated carbocycles.